The van der Waals surface area contributed by atoms with Crippen LogP contribution in [0.15, 0.2) is 48.7 Å². The largest absolute Gasteiger partial charge is 0.361 e. The molecule has 0 atom stereocenters. The van der Waals surface area contributed by atoms with Gasteiger partial charge < -0.3 is 9.88 Å². The third-order valence-corrected chi connectivity index (χ3v) is 6.30. The van der Waals surface area contributed by atoms with Crippen molar-refractivity contribution in [3.63, 3.8) is 0 Å². The molecule has 0 saturated carbocycles. The third kappa shape index (κ3) is 4.12. The van der Waals surface area contributed by atoms with Gasteiger partial charge in [0.2, 0.25) is 5.91 Å². The monoisotopic (exact) mass is 388 g/mol. The lowest BCUT2D eigenvalue weighted by Crippen LogP contribution is -2.38. The molecule has 3 aromatic rings. The summed E-state index contributed by atoms with van der Waals surface area (Å²) in [5, 5.41) is 1.29. The number of carbonyl (C=O) groups excluding carboxylic acids is 2. The van der Waals surface area contributed by atoms with Crippen LogP contribution in [0.5, 0.6) is 0 Å². The molecule has 4 nitrogen and oxygen atoms in total. The molecule has 1 amide bonds. The maximum Gasteiger partial charge on any atom is 0.223 e. The summed E-state index contributed by atoms with van der Waals surface area (Å²) in [7, 11) is 0. The predicted molar refractivity (Wildman–Crippen MR) is 116 cm³/mol. The number of rotatable bonds is 5. The van der Waals surface area contributed by atoms with Crippen LogP contribution in [0.25, 0.3) is 10.9 Å². The van der Waals surface area contributed by atoms with E-state index in [0.717, 1.165) is 31.5 Å². The summed E-state index contributed by atoms with van der Waals surface area (Å²) in [5.74, 6) is 0.627. The predicted octanol–water partition coefficient (Wildman–Crippen LogP) is 5.15. The summed E-state index contributed by atoms with van der Waals surface area (Å²) in [5.41, 5.74) is 5.53. The van der Waals surface area contributed by atoms with Gasteiger partial charge in [0.1, 0.15) is 0 Å². The number of likely N-dealkylation sites (tertiary alicyclic amines) is 1. The second kappa shape index (κ2) is 8.24. The van der Waals surface area contributed by atoms with E-state index in [4.69, 9.17) is 0 Å². The van der Waals surface area contributed by atoms with Crippen molar-refractivity contribution >= 4 is 22.6 Å². The minimum absolute atomic E-state index is 0.0510. The number of Topliss-reactive ketones (excluding diaryl/α,β-unsaturated/α-hetero) is 1. The van der Waals surface area contributed by atoms with Crippen molar-refractivity contribution in [3.05, 3.63) is 70.9 Å². The van der Waals surface area contributed by atoms with E-state index in [1.54, 1.807) is 0 Å². The molecular weight excluding hydrogens is 360 g/mol. The van der Waals surface area contributed by atoms with Gasteiger partial charge in [-0.1, -0.05) is 30.3 Å². The van der Waals surface area contributed by atoms with Crippen molar-refractivity contribution in [2.24, 2.45) is 0 Å². The molecule has 2 heterocycles. The summed E-state index contributed by atoms with van der Waals surface area (Å²) in [6, 6.07) is 14.1. The van der Waals surface area contributed by atoms with E-state index in [1.807, 2.05) is 43.0 Å². The van der Waals surface area contributed by atoms with Gasteiger partial charge in [-0.3, -0.25) is 9.59 Å². The van der Waals surface area contributed by atoms with Gasteiger partial charge >= 0.3 is 0 Å². The summed E-state index contributed by atoms with van der Waals surface area (Å²) in [4.78, 5) is 30.4. The highest BCUT2D eigenvalue weighted by atomic mass is 16.2. The number of aromatic nitrogens is 1. The molecule has 1 fully saturated rings. The Morgan fingerprint density at radius 3 is 2.52 bits per heavy atom. The van der Waals surface area contributed by atoms with Crippen LogP contribution in [-0.2, 0) is 4.79 Å². The van der Waals surface area contributed by atoms with Crippen LogP contribution >= 0.6 is 0 Å². The molecule has 1 aromatic heterocycles. The topological polar surface area (TPSA) is 53.2 Å². The van der Waals surface area contributed by atoms with Gasteiger partial charge in [0, 0.05) is 48.6 Å². The number of nitrogens with one attached hydrogen (secondary N) is 1. The molecule has 2 aromatic carbocycles. The number of benzene rings is 2. The molecule has 4 rings (SSSR count). The number of hydrogen-bond acceptors (Lipinski definition) is 2. The highest BCUT2D eigenvalue weighted by Crippen LogP contribution is 2.33. The minimum atomic E-state index is 0.0510. The van der Waals surface area contributed by atoms with E-state index in [-0.39, 0.29) is 18.1 Å². The molecule has 1 aliphatic heterocycles. The van der Waals surface area contributed by atoms with Gasteiger partial charge in [0.15, 0.2) is 5.78 Å². The smallest absolute Gasteiger partial charge is 0.223 e. The molecule has 0 aliphatic carbocycles. The van der Waals surface area contributed by atoms with E-state index >= 15 is 0 Å². The van der Waals surface area contributed by atoms with E-state index in [1.165, 1.54) is 22.0 Å². The minimum Gasteiger partial charge on any atom is -0.361 e. The van der Waals surface area contributed by atoms with Gasteiger partial charge in [-0.25, -0.2) is 0 Å². The number of carbonyl (C=O) groups is 2. The number of nitrogens with zero attached hydrogens (tertiary/aromatic N) is 1. The van der Waals surface area contributed by atoms with Gasteiger partial charge in [0.25, 0.3) is 0 Å². The standard InChI is InChI=1S/C25H28N2O2/c1-17-7-8-20(15-18(17)2)24(28)9-10-25(29)27-13-11-19(12-14-27)22-16-26-23-6-4-3-5-21(22)23/h3-8,15-16,19,26H,9-14H2,1-2H3. The van der Waals surface area contributed by atoms with Crippen LogP contribution in [-0.4, -0.2) is 34.7 Å². The van der Waals surface area contributed by atoms with Crippen LogP contribution in [0.2, 0.25) is 0 Å². The van der Waals surface area contributed by atoms with Crippen molar-refractivity contribution in [2.45, 2.75) is 45.4 Å². The lowest BCUT2D eigenvalue weighted by molar-refractivity contribution is -0.132. The fourth-order valence-electron chi connectivity index (χ4n) is 4.31. The van der Waals surface area contributed by atoms with Crippen LogP contribution in [0.4, 0.5) is 0 Å². The highest BCUT2D eigenvalue weighted by molar-refractivity contribution is 5.98. The van der Waals surface area contributed by atoms with Gasteiger partial charge in [0.05, 0.1) is 0 Å². The number of ketones is 1. The zero-order chi connectivity index (χ0) is 20.4. The molecule has 0 spiro atoms. The molecule has 29 heavy (non-hydrogen) atoms. The fourth-order valence-corrected chi connectivity index (χ4v) is 4.31. The van der Waals surface area contributed by atoms with Crippen LogP contribution in [0.1, 0.15) is 58.6 Å². The zero-order valence-electron chi connectivity index (χ0n) is 17.2. The lowest BCUT2D eigenvalue weighted by Gasteiger charge is -2.32. The molecule has 150 valence electrons. The van der Waals surface area contributed by atoms with Crippen molar-refractivity contribution in [1.82, 2.24) is 9.88 Å². The number of hydrogen-bond donors (Lipinski definition) is 1. The van der Waals surface area contributed by atoms with Crippen LogP contribution in [0.3, 0.4) is 0 Å². The van der Waals surface area contributed by atoms with Crippen LogP contribution in [0, 0.1) is 13.8 Å². The van der Waals surface area contributed by atoms with Crippen molar-refractivity contribution < 1.29 is 9.59 Å². The third-order valence-electron chi connectivity index (χ3n) is 6.30. The first-order valence-corrected chi connectivity index (χ1v) is 10.5. The fraction of sp³-hybridized carbons (Fsp3) is 0.360. The molecule has 1 N–H and O–H groups in total. The quantitative estimate of drug-likeness (QED) is 0.614. The Kier molecular flexibility index (Phi) is 5.52. The number of para-hydroxylation sites is 1. The number of H-pyrrole nitrogens is 1. The van der Waals surface area contributed by atoms with Gasteiger partial charge in [-0.2, -0.15) is 0 Å². The van der Waals surface area contributed by atoms with E-state index in [9.17, 15) is 9.59 Å². The Morgan fingerprint density at radius 1 is 1.00 bits per heavy atom. The summed E-state index contributed by atoms with van der Waals surface area (Å²) >= 11 is 0. The first-order valence-electron chi connectivity index (χ1n) is 10.5. The summed E-state index contributed by atoms with van der Waals surface area (Å²) < 4.78 is 0. The molecule has 0 radical (unpaired) electrons. The van der Waals surface area contributed by atoms with E-state index in [2.05, 4.69) is 29.4 Å². The summed E-state index contributed by atoms with van der Waals surface area (Å²) in [6.45, 7) is 5.57. The Bertz CT molecular complexity index is 1040. The maximum absolute atomic E-state index is 12.6. The van der Waals surface area contributed by atoms with E-state index in [0.29, 0.717) is 17.9 Å². The molecule has 4 heteroatoms. The Morgan fingerprint density at radius 2 is 1.76 bits per heavy atom. The van der Waals surface area contributed by atoms with Crippen molar-refractivity contribution in [1.29, 1.82) is 0 Å². The van der Waals surface area contributed by atoms with Gasteiger partial charge in [-0.15, -0.1) is 0 Å². The first kappa shape index (κ1) is 19.4. The SMILES string of the molecule is Cc1ccc(C(=O)CCC(=O)N2CCC(c3c[nH]c4ccccc34)CC2)cc1C. The molecule has 1 saturated heterocycles. The van der Waals surface area contributed by atoms with Crippen molar-refractivity contribution in [2.75, 3.05) is 13.1 Å². The molecule has 0 unspecified atom stereocenters. The van der Waals surface area contributed by atoms with E-state index < -0.39 is 0 Å². The van der Waals surface area contributed by atoms with Crippen LogP contribution < -0.4 is 0 Å². The molecule has 0 bridgehead atoms. The first-order chi connectivity index (χ1) is 14.0. The number of piperidine rings is 1. The Hall–Kier alpha value is -2.88. The highest BCUT2D eigenvalue weighted by Gasteiger charge is 2.25. The number of fused-ring (bicyclic) bond motifs is 1. The average Bonchev–Trinajstić information content (AvgIpc) is 3.18. The van der Waals surface area contributed by atoms with Gasteiger partial charge in [-0.05, 0) is 61.4 Å². The Balaban J connectivity index is 1.31. The normalized spacial score (nSPS) is 15.0. The second-order valence-corrected chi connectivity index (χ2v) is 8.17. The number of aryl methyl sites for hydroxylation is 2. The Labute approximate surface area is 171 Å². The number of amides is 1. The average molecular weight is 389 g/mol. The zero-order valence-corrected chi connectivity index (χ0v) is 17.2. The lowest BCUT2D eigenvalue weighted by atomic mass is 9.89. The second-order valence-electron chi connectivity index (χ2n) is 8.17. The molecule has 1 aliphatic rings. The molecular formula is C25H28N2O2. The number of aromatic amines is 1. The maximum atomic E-state index is 12.6. The van der Waals surface area contributed by atoms with Crippen molar-refractivity contribution in [3.8, 4) is 0 Å². The summed E-state index contributed by atoms with van der Waals surface area (Å²) in [6.07, 6.45) is 4.64.